The van der Waals surface area contributed by atoms with Crippen molar-refractivity contribution in [1.29, 1.82) is 0 Å². The Morgan fingerprint density at radius 1 is 1.00 bits per heavy atom. The highest BCUT2D eigenvalue weighted by molar-refractivity contribution is 5.94. The van der Waals surface area contributed by atoms with Gasteiger partial charge in [-0.05, 0) is 49.9 Å². The van der Waals surface area contributed by atoms with Gasteiger partial charge in [-0.25, -0.2) is 0 Å². The van der Waals surface area contributed by atoms with Crippen molar-refractivity contribution in [2.24, 2.45) is 0 Å². The Balaban J connectivity index is 1.24. The maximum Gasteiger partial charge on any atom is 0.289 e. The second-order valence-electron chi connectivity index (χ2n) is 8.92. The summed E-state index contributed by atoms with van der Waals surface area (Å²) in [7, 11) is 0. The van der Waals surface area contributed by atoms with Crippen LogP contribution >= 0.6 is 0 Å². The molecular weight excluding hydrogens is 420 g/mol. The van der Waals surface area contributed by atoms with E-state index < -0.39 is 0 Å². The topological polar surface area (TPSA) is 86.1 Å². The number of carbonyl (C=O) groups excluding carboxylic acids is 3. The third kappa shape index (κ3) is 5.82. The van der Waals surface area contributed by atoms with E-state index in [1.54, 1.807) is 17.0 Å². The molecule has 2 heterocycles. The average molecular weight is 453 g/mol. The predicted molar refractivity (Wildman–Crippen MR) is 125 cm³/mol. The van der Waals surface area contributed by atoms with Crippen molar-refractivity contribution in [3.8, 4) is 0 Å². The molecule has 0 unspecified atom stereocenters. The number of piperazine rings is 1. The van der Waals surface area contributed by atoms with Gasteiger partial charge in [0.2, 0.25) is 11.8 Å². The van der Waals surface area contributed by atoms with E-state index in [2.05, 4.69) is 10.2 Å². The molecule has 8 nitrogen and oxygen atoms in total. The smallest absolute Gasteiger partial charge is 0.289 e. The summed E-state index contributed by atoms with van der Waals surface area (Å²) in [6, 6.07) is 9.69. The van der Waals surface area contributed by atoms with Gasteiger partial charge in [-0.2, -0.15) is 0 Å². The number of para-hydroxylation sites is 1. The Morgan fingerprint density at radius 2 is 1.67 bits per heavy atom. The standard InChI is InChI=1S/C25H32N4O4/c1-18-5-3-6-19(2)24(18)26-22(30)17-29(20-8-9-20)11-10-23(31)27-12-14-28(15-13-27)25(32)21-7-4-16-33-21/h3-7,16,20H,8-15,17H2,1-2H3,(H,26,30). The van der Waals surface area contributed by atoms with E-state index in [9.17, 15) is 14.4 Å². The van der Waals surface area contributed by atoms with E-state index in [4.69, 9.17) is 4.42 Å². The first-order valence-electron chi connectivity index (χ1n) is 11.6. The van der Waals surface area contributed by atoms with Crippen molar-refractivity contribution >= 4 is 23.4 Å². The zero-order chi connectivity index (χ0) is 23.4. The number of carbonyl (C=O) groups is 3. The largest absolute Gasteiger partial charge is 0.459 e. The molecule has 0 bridgehead atoms. The summed E-state index contributed by atoms with van der Waals surface area (Å²) in [4.78, 5) is 43.6. The molecule has 176 valence electrons. The molecule has 0 spiro atoms. The van der Waals surface area contributed by atoms with E-state index in [1.807, 2.05) is 36.9 Å². The molecule has 1 aromatic carbocycles. The van der Waals surface area contributed by atoms with Gasteiger partial charge < -0.3 is 19.5 Å². The fourth-order valence-corrected chi connectivity index (χ4v) is 4.32. The van der Waals surface area contributed by atoms with E-state index in [1.165, 1.54) is 6.26 Å². The highest BCUT2D eigenvalue weighted by Crippen LogP contribution is 2.27. The molecule has 1 N–H and O–H groups in total. The first kappa shape index (κ1) is 23.0. The van der Waals surface area contributed by atoms with Gasteiger partial charge in [-0.3, -0.25) is 19.3 Å². The summed E-state index contributed by atoms with van der Waals surface area (Å²) in [5.74, 6) is 0.216. The van der Waals surface area contributed by atoms with Crippen molar-refractivity contribution in [2.45, 2.75) is 39.2 Å². The molecule has 1 saturated heterocycles. The number of furan rings is 1. The maximum absolute atomic E-state index is 12.8. The van der Waals surface area contributed by atoms with Gasteiger partial charge in [-0.15, -0.1) is 0 Å². The monoisotopic (exact) mass is 452 g/mol. The minimum atomic E-state index is -0.137. The average Bonchev–Trinajstić information content (AvgIpc) is 3.51. The minimum absolute atomic E-state index is 0.0446. The molecule has 0 radical (unpaired) electrons. The highest BCUT2D eigenvalue weighted by Gasteiger charge is 2.32. The Morgan fingerprint density at radius 3 is 2.27 bits per heavy atom. The molecule has 8 heteroatoms. The zero-order valence-electron chi connectivity index (χ0n) is 19.4. The molecule has 3 amide bonds. The van der Waals surface area contributed by atoms with Crippen LogP contribution in [0.1, 0.15) is 40.9 Å². The van der Waals surface area contributed by atoms with E-state index in [0.29, 0.717) is 50.9 Å². The molecule has 2 aromatic rings. The fraction of sp³-hybridized carbons (Fsp3) is 0.480. The highest BCUT2D eigenvalue weighted by atomic mass is 16.3. The van der Waals surface area contributed by atoms with Gasteiger partial charge in [0, 0.05) is 50.9 Å². The Labute approximate surface area is 194 Å². The van der Waals surface area contributed by atoms with Crippen LogP contribution in [0.2, 0.25) is 0 Å². The van der Waals surface area contributed by atoms with Gasteiger partial charge in [0.25, 0.3) is 5.91 Å². The Hall–Kier alpha value is -3.13. The lowest BCUT2D eigenvalue weighted by Gasteiger charge is -2.34. The van der Waals surface area contributed by atoms with E-state index >= 15 is 0 Å². The SMILES string of the molecule is Cc1cccc(C)c1NC(=O)CN(CCC(=O)N1CCN(C(=O)c2ccco2)CC1)C1CC1. The predicted octanol–water partition coefficient (Wildman–Crippen LogP) is 2.67. The summed E-state index contributed by atoms with van der Waals surface area (Å²) in [6.45, 7) is 6.85. The number of amides is 3. The van der Waals surface area contributed by atoms with Crippen LogP contribution < -0.4 is 5.32 Å². The molecule has 1 aliphatic carbocycles. The normalized spacial score (nSPS) is 16.2. The quantitative estimate of drug-likeness (QED) is 0.666. The van der Waals surface area contributed by atoms with Gasteiger partial charge in [0.15, 0.2) is 5.76 Å². The van der Waals surface area contributed by atoms with Gasteiger partial charge in [0.1, 0.15) is 0 Å². The number of nitrogens with one attached hydrogen (secondary N) is 1. The van der Waals surface area contributed by atoms with Crippen molar-refractivity contribution in [2.75, 3.05) is 44.6 Å². The van der Waals surface area contributed by atoms with Crippen LogP contribution in [0.4, 0.5) is 5.69 Å². The van der Waals surface area contributed by atoms with Crippen molar-refractivity contribution in [3.05, 3.63) is 53.5 Å². The van der Waals surface area contributed by atoms with Gasteiger partial charge >= 0.3 is 0 Å². The van der Waals surface area contributed by atoms with Crippen LogP contribution in [0.5, 0.6) is 0 Å². The summed E-state index contributed by atoms with van der Waals surface area (Å²) in [5, 5.41) is 3.05. The van der Waals surface area contributed by atoms with Crippen LogP contribution in [0, 0.1) is 13.8 Å². The Bertz CT molecular complexity index is 972. The molecule has 2 aliphatic rings. The number of rotatable bonds is 8. The number of hydrogen-bond acceptors (Lipinski definition) is 5. The molecule has 4 rings (SSSR count). The molecular formula is C25H32N4O4. The molecule has 33 heavy (non-hydrogen) atoms. The third-order valence-electron chi connectivity index (χ3n) is 6.42. The molecule has 0 atom stereocenters. The van der Waals surface area contributed by atoms with Crippen LogP contribution in [-0.2, 0) is 9.59 Å². The first-order valence-corrected chi connectivity index (χ1v) is 11.6. The van der Waals surface area contributed by atoms with Crippen LogP contribution in [0.25, 0.3) is 0 Å². The maximum atomic E-state index is 12.8. The summed E-state index contributed by atoms with van der Waals surface area (Å²) in [5.41, 5.74) is 2.96. The number of hydrogen-bond donors (Lipinski definition) is 1. The zero-order valence-corrected chi connectivity index (χ0v) is 19.4. The van der Waals surface area contributed by atoms with Crippen LogP contribution in [-0.4, -0.2) is 77.7 Å². The van der Waals surface area contributed by atoms with Gasteiger partial charge in [0.05, 0.1) is 12.8 Å². The number of benzene rings is 1. The Kier molecular flexibility index (Phi) is 7.13. The summed E-state index contributed by atoms with van der Waals surface area (Å²) in [6.07, 6.45) is 4.00. The molecule has 2 fully saturated rings. The summed E-state index contributed by atoms with van der Waals surface area (Å²) >= 11 is 0. The van der Waals surface area contributed by atoms with Gasteiger partial charge in [-0.1, -0.05) is 18.2 Å². The van der Waals surface area contributed by atoms with Crippen molar-refractivity contribution in [3.63, 3.8) is 0 Å². The number of anilines is 1. The second-order valence-corrected chi connectivity index (χ2v) is 8.92. The van der Waals surface area contributed by atoms with Crippen LogP contribution in [0.15, 0.2) is 41.0 Å². The lowest BCUT2D eigenvalue weighted by atomic mass is 10.1. The second kappa shape index (κ2) is 10.2. The first-order chi connectivity index (χ1) is 15.9. The number of nitrogens with zero attached hydrogens (tertiary/aromatic N) is 3. The lowest BCUT2D eigenvalue weighted by molar-refractivity contribution is -0.133. The minimum Gasteiger partial charge on any atom is -0.459 e. The molecule has 1 saturated carbocycles. The number of aryl methyl sites for hydroxylation is 2. The van der Waals surface area contributed by atoms with E-state index in [0.717, 1.165) is 29.7 Å². The van der Waals surface area contributed by atoms with E-state index in [-0.39, 0.29) is 24.3 Å². The van der Waals surface area contributed by atoms with Crippen LogP contribution in [0.3, 0.4) is 0 Å². The summed E-state index contributed by atoms with van der Waals surface area (Å²) < 4.78 is 5.19. The van der Waals surface area contributed by atoms with Crippen molar-refractivity contribution < 1.29 is 18.8 Å². The lowest BCUT2D eigenvalue weighted by Crippen LogP contribution is -2.51. The molecule has 1 aliphatic heterocycles. The third-order valence-corrected chi connectivity index (χ3v) is 6.42. The van der Waals surface area contributed by atoms with Crippen molar-refractivity contribution in [1.82, 2.24) is 14.7 Å². The fourth-order valence-electron chi connectivity index (χ4n) is 4.32. The molecule has 1 aromatic heterocycles.